The maximum absolute atomic E-state index is 12.5. The Balaban J connectivity index is 2.19. The molecule has 2 nitrogen and oxygen atoms in total. The molecule has 0 aliphatic heterocycles. The molecular formula is C13H8F5IO2S. The molecule has 0 bridgehead atoms. The first-order chi connectivity index (χ1) is 9.85. The summed E-state index contributed by atoms with van der Waals surface area (Å²) in [5.74, 6) is -1.05. The highest BCUT2D eigenvalue weighted by Gasteiger charge is 2.65. The van der Waals surface area contributed by atoms with Crippen LogP contribution >= 0.6 is 32.8 Å². The van der Waals surface area contributed by atoms with Gasteiger partial charge in [0.2, 0.25) is 0 Å². The number of carbonyl (C=O) groups excluding carboxylic acids is 1. The van der Waals surface area contributed by atoms with Crippen molar-refractivity contribution in [1.82, 2.24) is 0 Å². The topological polar surface area (TPSA) is 26.3 Å². The third-order valence-corrected chi connectivity index (χ3v) is 4.44. The predicted octanol–water partition coefficient (Wildman–Crippen LogP) is 6.17. The first kappa shape index (κ1) is 17.0. The van der Waals surface area contributed by atoms with Crippen LogP contribution in [0.2, 0.25) is 0 Å². The van der Waals surface area contributed by atoms with Crippen LogP contribution in [0.1, 0.15) is 10.4 Å². The fourth-order valence-corrected chi connectivity index (χ4v) is 2.53. The van der Waals surface area contributed by atoms with Crippen LogP contribution in [0.4, 0.5) is 19.4 Å². The monoisotopic (exact) mass is 450 g/mol. The van der Waals surface area contributed by atoms with Crippen molar-refractivity contribution in [3.63, 3.8) is 0 Å². The van der Waals surface area contributed by atoms with E-state index >= 15 is 0 Å². The van der Waals surface area contributed by atoms with E-state index in [1.807, 2.05) is 22.6 Å². The lowest BCUT2D eigenvalue weighted by Gasteiger charge is -2.40. The average molecular weight is 450 g/mol. The van der Waals surface area contributed by atoms with Crippen LogP contribution in [0.25, 0.3) is 0 Å². The van der Waals surface area contributed by atoms with Crippen molar-refractivity contribution < 1.29 is 29.0 Å². The molecule has 0 amide bonds. The molecule has 0 fully saturated rings. The zero-order valence-corrected chi connectivity index (χ0v) is 13.6. The van der Waals surface area contributed by atoms with Gasteiger partial charge in [-0.2, -0.15) is 0 Å². The number of hydrogen-bond donors (Lipinski definition) is 0. The van der Waals surface area contributed by atoms with Gasteiger partial charge in [-0.1, -0.05) is 19.4 Å². The van der Waals surface area contributed by atoms with Gasteiger partial charge in [0.15, 0.2) is 0 Å². The van der Waals surface area contributed by atoms with Crippen molar-refractivity contribution >= 4 is 38.8 Å². The van der Waals surface area contributed by atoms with Gasteiger partial charge in [-0.25, -0.2) is 4.79 Å². The van der Waals surface area contributed by atoms with E-state index in [9.17, 15) is 24.2 Å². The van der Waals surface area contributed by atoms with Crippen LogP contribution in [-0.4, -0.2) is 5.97 Å². The Hall–Kier alpha value is -1.36. The molecule has 2 aromatic rings. The summed E-state index contributed by atoms with van der Waals surface area (Å²) in [6.07, 6.45) is 0. The van der Waals surface area contributed by atoms with Gasteiger partial charge in [0, 0.05) is 3.57 Å². The highest BCUT2D eigenvalue weighted by molar-refractivity contribution is 14.1. The molecule has 0 spiro atoms. The second-order valence-corrected chi connectivity index (χ2v) is 7.99. The smallest absolute Gasteiger partial charge is 0.343 e. The Labute approximate surface area is 136 Å². The molecular weight excluding hydrogens is 442 g/mol. The summed E-state index contributed by atoms with van der Waals surface area (Å²) in [6, 6.07) is 8.00. The molecule has 2 rings (SSSR count). The zero-order chi connectivity index (χ0) is 16.7. The molecule has 0 heterocycles. The van der Waals surface area contributed by atoms with Gasteiger partial charge in [0.05, 0.1) is 5.56 Å². The van der Waals surface area contributed by atoms with Crippen molar-refractivity contribution in [3.8, 4) is 5.75 Å². The Bertz CT molecular complexity index is 711. The van der Waals surface area contributed by atoms with E-state index in [0.717, 1.165) is 3.57 Å². The highest BCUT2D eigenvalue weighted by atomic mass is 127. The van der Waals surface area contributed by atoms with Crippen LogP contribution in [0.5, 0.6) is 5.75 Å². The molecule has 22 heavy (non-hydrogen) atoms. The van der Waals surface area contributed by atoms with E-state index < -0.39 is 21.1 Å². The standard InChI is InChI=1S/C13H8F5IO2S/c14-22(15,16,17,18)12-7-5-11(6-8-12)21-13(20)9-1-3-10(19)4-2-9/h1-8H. The average Bonchev–Trinajstić information content (AvgIpc) is 2.37. The minimum absolute atomic E-state index is 0.192. The van der Waals surface area contributed by atoms with Gasteiger partial charge in [-0.05, 0) is 71.1 Å². The van der Waals surface area contributed by atoms with Crippen LogP contribution in [-0.2, 0) is 0 Å². The normalized spacial score (nSPS) is 14.8. The summed E-state index contributed by atoms with van der Waals surface area (Å²) in [5, 5.41) is 0. The van der Waals surface area contributed by atoms with Crippen molar-refractivity contribution in [2.24, 2.45) is 0 Å². The Kier molecular flexibility index (Phi) is 3.72. The number of ether oxygens (including phenoxy) is 1. The summed E-state index contributed by atoms with van der Waals surface area (Å²) in [4.78, 5) is 9.71. The minimum atomic E-state index is -9.71. The van der Waals surface area contributed by atoms with E-state index in [0.29, 0.717) is 12.1 Å². The van der Waals surface area contributed by atoms with Crippen LogP contribution in [0.15, 0.2) is 53.4 Å². The summed E-state index contributed by atoms with van der Waals surface area (Å²) in [7, 11) is -9.71. The molecule has 9 heteroatoms. The minimum Gasteiger partial charge on any atom is -0.423 e. The number of rotatable bonds is 3. The van der Waals surface area contributed by atoms with Gasteiger partial charge in [0.1, 0.15) is 10.6 Å². The molecule has 0 saturated heterocycles. The molecule has 0 saturated carbocycles. The molecule has 0 aliphatic carbocycles. The third-order valence-electron chi connectivity index (χ3n) is 2.56. The first-order valence-electron chi connectivity index (χ1n) is 5.67. The number of carbonyl (C=O) groups is 1. The molecule has 120 valence electrons. The number of hydrogen-bond acceptors (Lipinski definition) is 2. The maximum Gasteiger partial charge on any atom is 0.343 e. The quantitative estimate of drug-likeness (QED) is 0.242. The third kappa shape index (κ3) is 4.32. The lowest BCUT2D eigenvalue weighted by atomic mass is 10.2. The molecule has 0 atom stereocenters. The zero-order valence-electron chi connectivity index (χ0n) is 10.6. The number of halogens is 6. The van der Waals surface area contributed by atoms with E-state index in [1.54, 1.807) is 12.1 Å². The lowest BCUT2D eigenvalue weighted by molar-refractivity contribution is 0.0734. The molecule has 0 radical (unpaired) electrons. The van der Waals surface area contributed by atoms with Gasteiger partial charge >= 0.3 is 16.2 Å². The summed E-state index contributed by atoms with van der Waals surface area (Å²) >= 11 is 2.03. The van der Waals surface area contributed by atoms with Gasteiger partial charge in [-0.15, -0.1) is 0 Å². The Morgan fingerprint density at radius 1 is 0.864 bits per heavy atom. The molecule has 0 N–H and O–H groups in total. The molecule has 0 aliphatic rings. The van der Waals surface area contributed by atoms with E-state index in [4.69, 9.17) is 4.74 Å². The SMILES string of the molecule is O=C(Oc1ccc(S(F)(F)(F)(F)F)cc1)c1ccc(I)cc1. The van der Waals surface area contributed by atoms with Crippen molar-refractivity contribution in [2.75, 3.05) is 0 Å². The molecule has 0 unspecified atom stereocenters. The summed E-state index contributed by atoms with van der Waals surface area (Å²) in [6.45, 7) is 0. The van der Waals surface area contributed by atoms with Gasteiger partial charge < -0.3 is 4.74 Å². The Morgan fingerprint density at radius 2 is 1.36 bits per heavy atom. The van der Waals surface area contributed by atoms with E-state index in [-0.39, 0.29) is 23.4 Å². The van der Waals surface area contributed by atoms with Gasteiger partial charge in [-0.3, -0.25) is 0 Å². The van der Waals surface area contributed by atoms with Crippen LogP contribution in [0.3, 0.4) is 0 Å². The van der Waals surface area contributed by atoms with E-state index in [1.165, 1.54) is 12.1 Å². The molecule has 2 aromatic carbocycles. The largest absolute Gasteiger partial charge is 0.423 e. The van der Waals surface area contributed by atoms with Crippen LogP contribution < -0.4 is 4.74 Å². The van der Waals surface area contributed by atoms with Crippen molar-refractivity contribution in [2.45, 2.75) is 4.90 Å². The maximum atomic E-state index is 12.5. The number of esters is 1. The summed E-state index contributed by atoms with van der Waals surface area (Å²) in [5.41, 5.74) is 0.192. The van der Waals surface area contributed by atoms with E-state index in [2.05, 4.69) is 0 Å². The Morgan fingerprint density at radius 3 is 1.82 bits per heavy atom. The van der Waals surface area contributed by atoms with Gasteiger partial charge in [0.25, 0.3) is 0 Å². The molecule has 0 aromatic heterocycles. The lowest BCUT2D eigenvalue weighted by Crippen LogP contribution is -2.09. The summed E-state index contributed by atoms with van der Waals surface area (Å²) < 4.78 is 68.4. The van der Waals surface area contributed by atoms with Crippen LogP contribution in [0, 0.1) is 3.57 Å². The number of benzene rings is 2. The van der Waals surface area contributed by atoms with Crippen molar-refractivity contribution in [3.05, 3.63) is 57.7 Å². The second-order valence-electron chi connectivity index (χ2n) is 4.34. The second kappa shape index (κ2) is 4.82. The fourth-order valence-electron chi connectivity index (χ4n) is 1.52. The fraction of sp³-hybridized carbons (Fsp3) is 0. The van der Waals surface area contributed by atoms with Crippen molar-refractivity contribution in [1.29, 1.82) is 0 Å². The highest BCUT2D eigenvalue weighted by Crippen LogP contribution is 3.02. The first-order valence-corrected chi connectivity index (χ1v) is 8.70. The predicted molar refractivity (Wildman–Crippen MR) is 82.0 cm³/mol.